The van der Waals surface area contributed by atoms with Gasteiger partial charge >= 0.3 is 0 Å². The highest BCUT2D eigenvalue weighted by molar-refractivity contribution is 7.15. The fourth-order valence-corrected chi connectivity index (χ4v) is 2.78. The Labute approximate surface area is 100 Å². The Bertz CT molecular complexity index is 511. The second-order valence-corrected chi connectivity index (χ2v) is 5.34. The molecule has 2 rings (SSSR count). The molecule has 0 saturated carbocycles. The first kappa shape index (κ1) is 11.4. The molecule has 1 heterocycles. The van der Waals surface area contributed by atoms with Gasteiger partial charge in [0.15, 0.2) is 0 Å². The van der Waals surface area contributed by atoms with Crippen LogP contribution in [0, 0.1) is 20.8 Å². The third-order valence-corrected chi connectivity index (χ3v) is 4.03. The molecule has 1 nitrogen and oxygen atoms in total. The van der Waals surface area contributed by atoms with Crippen molar-refractivity contribution in [2.45, 2.75) is 27.4 Å². The van der Waals surface area contributed by atoms with Crippen LogP contribution in [0.5, 0.6) is 0 Å². The highest BCUT2D eigenvalue weighted by Gasteiger charge is 2.07. The molecule has 0 aliphatic rings. The van der Waals surface area contributed by atoms with E-state index in [4.69, 9.17) is 5.11 Å². The number of aryl methyl sites for hydroxylation is 3. The molecule has 0 aliphatic heterocycles. The van der Waals surface area contributed by atoms with Crippen molar-refractivity contribution in [1.82, 2.24) is 0 Å². The lowest BCUT2D eigenvalue weighted by molar-refractivity contribution is 0.285. The van der Waals surface area contributed by atoms with Gasteiger partial charge in [-0.05, 0) is 55.2 Å². The summed E-state index contributed by atoms with van der Waals surface area (Å²) in [6.07, 6.45) is 0. The summed E-state index contributed by atoms with van der Waals surface area (Å²) in [6.45, 7) is 6.55. The zero-order chi connectivity index (χ0) is 11.7. The monoisotopic (exact) mass is 232 g/mol. The van der Waals surface area contributed by atoms with Crippen LogP contribution < -0.4 is 0 Å². The first-order valence-corrected chi connectivity index (χ1v) is 6.21. The Balaban J connectivity index is 2.51. The van der Waals surface area contributed by atoms with E-state index in [1.54, 1.807) is 11.3 Å². The predicted molar refractivity (Wildman–Crippen MR) is 69.9 cm³/mol. The first-order valence-electron chi connectivity index (χ1n) is 5.39. The Hall–Kier alpha value is -1.12. The SMILES string of the molecule is Cc1cc(C)c(-c2ccc(CO)s2)cc1C. The quantitative estimate of drug-likeness (QED) is 0.834. The van der Waals surface area contributed by atoms with E-state index in [2.05, 4.69) is 39.0 Å². The van der Waals surface area contributed by atoms with Crippen molar-refractivity contribution in [3.8, 4) is 10.4 Å². The molecule has 16 heavy (non-hydrogen) atoms. The van der Waals surface area contributed by atoms with Crippen LogP contribution in [0.3, 0.4) is 0 Å². The van der Waals surface area contributed by atoms with Gasteiger partial charge in [-0.2, -0.15) is 0 Å². The first-order chi connectivity index (χ1) is 7.61. The number of hydrogen-bond acceptors (Lipinski definition) is 2. The van der Waals surface area contributed by atoms with Crippen molar-refractivity contribution in [3.63, 3.8) is 0 Å². The fraction of sp³-hybridized carbons (Fsp3) is 0.286. The highest BCUT2D eigenvalue weighted by Crippen LogP contribution is 2.32. The van der Waals surface area contributed by atoms with Crippen LogP contribution in [0.25, 0.3) is 10.4 Å². The third-order valence-electron chi connectivity index (χ3n) is 2.92. The van der Waals surface area contributed by atoms with Gasteiger partial charge in [-0.1, -0.05) is 12.1 Å². The Morgan fingerprint density at radius 1 is 1.00 bits per heavy atom. The number of hydrogen-bond donors (Lipinski definition) is 1. The second kappa shape index (κ2) is 4.40. The third kappa shape index (κ3) is 2.04. The summed E-state index contributed by atoms with van der Waals surface area (Å²) in [7, 11) is 0. The van der Waals surface area contributed by atoms with E-state index in [1.807, 2.05) is 6.07 Å². The second-order valence-electron chi connectivity index (χ2n) is 4.18. The van der Waals surface area contributed by atoms with Crippen LogP contribution >= 0.6 is 11.3 Å². The van der Waals surface area contributed by atoms with E-state index < -0.39 is 0 Å². The summed E-state index contributed by atoms with van der Waals surface area (Å²) in [5.41, 5.74) is 5.24. The van der Waals surface area contributed by atoms with Gasteiger partial charge in [-0.25, -0.2) is 0 Å². The summed E-state index contributed by atoms with van der Waals surface area (Å²) in [5, 5.41) is 9.08. The minimum atomic E-state index is 0.133. The average molecular weight is 232 g/mol. The summed E-state index contributed by atoms with van der Waals surface area (Å²) in [6, 6.07) is 8.54. The smallest absolute Gasteiger partial charge is 0.0774 e. The van der Waals surface area contributed by atoms with Crippen molar-refractivity contribution < 1.29 is 5.11 Å². The summed E-state index contributed by atoms with van der Waals surface area (Å²) < 4.78 is 0. The zero-order valence-corrected chi connectivity index (χ0v) is 10.7. The molecule has 0 atom stereocenters. The average Bonchev–Trinajstić information content (AvgIpc) is 2.71. The molecule has 2 heteroatoms. The lowest BCUT2D eigenvalue weighted by atomic mass is 10.00. The predicted octanol–water partition coefficient (Wildman–Crippen LogP) is 3.83. The standard InChI is InChI=1S/C14H16OS/c1-9-6-11(3)13(7-10(9)2)14-5-4-12(8-15)16-14/h4-7,15H,8H2,1-3H3. The molecule has 0 saturated heterocycles. The maximum Gasteiger partial charge on any atom is 0.0774 e. The minimum absolute atomic E-state index is 0.133. The largest absolute Gasteiger partial charge is 0.391 e. The molecule has 1 aromatic carbocycles. The molecule has 0 unspecified atom stereocenters. The van der Waals surface area contributed by atoms with Crippen molar-refractivity contribution in [2.75, 3.05) is 0 Å². The molecule has 0 bridgehead atoms. The van der Waals surface area contributed by atoms with Crippen LogP contribution in [0.4, 0.5) is 0 Å². The van der Waals surface area contributed by atoms with Crippen LogP contribution in [-0.4, -0.2) is 5.11 Å². The Morgan fingerprint density at radius 2 is 1.69 bits per heavy atom. The van der Waals surface area contributed by atoms with Gasteiger partial charge in [0.1, 0.15) is 0 Å². The van der Waals surface area contributed by atoms with Crippen LogP contribution in [0.15, 0.2) is 24.3 Å². The lowest BCUT2D eigenvalue weighted by Crippen LogP contribution is -1.86. The fourth-order valence-electron chi connectivity index (χ4n) is 1.83. The van der Waals surface area contributed by atoms with E-state index in [1.165, 1.54) is 27.1 Å². The number of aliphatic hydroxyl groups excluding tert-OH is 1. The van der Waals surface area contributed by atoms with E-state index >= 15 is 0 Å². The summed E-state index contributed by atoms with van der Waals surface area (Å²) in [4.78, 5) is 2.26. The van der Waals surface area contributed by atoms with E-state index in [0.29, 0.717) is 0 Å². The molecule has 84 valence electrons. The van der Waals surface area contributed by atoms with Gasteiger partial charge < -0.3 is 5.11 Å². The minimum Gasteiger partial charge on any atom is -0.391 e. The molecular weight excluding hydrogens is 216 g/mol. The lowest BCUT2D eigenvalue weighted by Gasteiger charge is -2.07. The normalized spacial score (nSPS) is 10.8. The Morgan fingerprint density at radius 3 is 2.31 bits per heavy atom. The number of benzene rings is 1. The molecular formula is C14H16OS. The summed E-state index contributed by atoms with van der Waals surface area (Å²) in [5.74, 6) is 0. The van der Waals surface area contributed by atoms with Crippen LogP contribution in [0.1, 0.15) is 21.6 Å². The maximum atomic E-state index is 9.08. The molecule has 0 spiro atoms. The number of thiophene rings is 1. The van der Waals surface area contributed by atoms with E-state index in [-0.39, 0.29) is 6.61 Å². The van der Waals surface area contributed by atoms with Gasteiger partial charge in [0, 0.05) is 9.75 Å². The van der Waals surface area contributed by atoms with Crippen molar-refractivity contribution >= 4 is 11.3 Å². The Kier molecular flexibility index (Phi) is 3.13. The van der Waals surface area contributed by atoms with Crippen LogP contribution in [-0.2, 0) is 6.61 Å². The van der Waals surface area contributed by atoms with E-state index in [9.17, 15) is 0 Å². The molecule has 0 aliphatic carbocycles. The zero-order valence-electron chi connectivity index (χ0n) is 9.87. The maximum absolute atomic E-state index is 9.08. The molecule has 0 radical (unpaired) electrons. The summed E-state index contributed by atoms with van der Waals surface area (Å²) >= 11 is 1.66. The molecule has 2 aromatic rings. The molecule has 1 N–H and O–H groups in total. The topological polar surface area (TPSA) is 20.2 Å². The highest BCUT2D eigenvalue weighted by atomic mass is 32.1. The van der Waals surface area contributed by atoms with Crippen molar-refractivity contribution in [2.24, 2.45) is 0 Å². The van der Waals surface area contributed by atoms with Gasteiger partial charge in [0.2, 0.25) is 0 Å². The van der Waals surface area contributed by atoms with Crippen molar-refractivity contribution in [3.05, 3.63) is 45.8 Å². The van der Waals surface area contributed by atoms with Gasteiger partial charge in [0.25, 0.3) is 0 Å². The van der Waals surface area contributed by atoms with Crippen LogP contribution in [0.2, 0.25) is 0 Å². The van der Waals surface area contributed by atoms with Gasteiger partial charge in [-0.15, -0.1) is 11.3 Å². The van der Waals surface area contributed by atoms with Gasteiger partial charge in [-0.3, -0.25) is 0 Å². The molecule has 1 aromatic heterocycles. The van der Waals surface area contributed by atoms with Gasteiger partial charge in [0.05, 0.1) is 6.61 Å². The number of aliphatic hydroxyl groups is 1. The van der Waals surface area contributed by atoms with E-state index in [0.717, 1.165) is 4.88 Å². The molecule has 0 amide bonds. The van der Waals surface area contributed by atoms with Crippen molar-refractivity contribution in [1.29, 1.82) is 0 Å². The molecule has 0 fully saturated rings. The number of rotatable bonds is 2.